The van der Waals surface area contributed by atoms with Gasteiger partial charge in [0.25, 0.3) is 0 Å². The molecule has 3 rings (SSSR count). The topological polar surface area (TPSA) is 51.4 Å². The number of pyridine rings is 1. The average Bonchev–Trinajstić information content (AvgIpc) is 2.55. The van der Waals surface area contributed by atoms with Crippen LogP contribution in [-0.2, 0) is 17.6 Å². The standard InChI is InChI=1S/C17H23N3O/c1-2-13-3-4-16-15(11-13)12-14(5-6-18)17(19-16)20-7-9-21-10-8-20/h3-4,11-12H,2,5-10,18H2,1H3. The predicted octanol–water partition coefficient (Wildman–Crippen LogP) is 2.13. The normalized spacial score (nSPS) is 15.6. The van der Waals surface area contributed by atoms with Gasteiger partial charge in [-0.1, -0.05) is 13.0 Å². The quantitative estimate of drug-likeness (QED) is 0.935. The molecule has 1 aliphatic heterocycles. The fourth-order valence-corrected chi connectivity index (χ4v) is 2.87. The Labute approximate surface area is 125 Å². The van der Waals surface area contributed by atoms with E-state index in [0.717, 1.165) is 50.5 Å². The van der Waals surface area contributed by atoms with Crippen molar-refractivity contribution in [3.8, 4) is 0 Å². The Kier molecular flexibility index (Phi) is 4.36. The van der Waals surface area contributed by atoms with E-state index in [-0.39, 0.29) is 0 Å². The number of aryl methyl sites for hydroxylation is 1. The Bertz CT molecular complexity index is 621. The van der Waals surface area contributed by atoms with Gasteiger partial charge in [-0.05, 0) is 48.7 Å². The largest absolute Gasteiger partial charge is 0.378 e. The minimum absolute atomic E-state index is 0.651. The van der Waals surface area contributed by atoms with Crippen molar-refractivity contribution in [3.05, 3.63) is 35.4 Å². The number of hydrogen-bond donors (Lipinski definition) is 1. The molecule has 0 spiro atoms. The molecule has 1 aromatic heterocycles. The van der Waals surface area contributed by atoms with Gasteiger partial charge in [0, 0.05) is 18.5 Å². The Morgan fingerprint density at radius 3 is 2.76 bits per heavy atom. The first-order chi connectivity index (χ1) is 10.3. The van der Waals surface area contributed by atoms with Crippen LogP contribution >= 0.6 is 0 Å². The van der Waals surface area contributed by atoms with Crippen LogP contribution in [0, 0.1) is 0 Å². The van der Waals surface area contributed by atoms with E-state index in [0.29, 0.717) is 6.54 Å². The van der Waals surface area contributed by atoms with Gasteiger partial charge in [0.2, 0.25) is 0 Å². The van der Waals surface area contributed by atoms with Gasteiger partial charge in [-0.15, -0.1) is 0 Å². The van der Waals surface area contributed by atoms with Crippen LogP contribution in [0.5, 0.6) is 0 Å². The summed E-state index contributed by atoms with van der Waals surface area (Å²) in [6.45, 7) is 6.19. The first-order valence-electron chi connectivity index (χ1n) is 7.77. The number of nitrogens with zero attached hydrogens (tertiary/aromatic N) is 2. The summed E-state index contributed by atoms with van der Waals surface area (Å²) in [5, 5.41) is 1.22. The van der Waals surface area contributed by atoms with Crippen molar-refractivity contribution in [1.29, 1.82) is 0 Å². The molecule has 0 amide bonds. The molecule has 1 aliphatic rings. The van der Waals surface area contributed by atoms with Crippen molar-refractivity contribution in [2.75, 3.05) is 37.7 Å². The van der Waals surface area contributed by atoms with E-state index >= 15 is 0 Å². The third-order valence-electron chi connectivity index (χ3n) is 4.07. The molecule has 0 atom stereocenters. The smallest absolute Gasteiger partial charge is 0.132 e. The number of ether oxygens (including phenoxy) is 1. The number of morpholine rings is 1. The zero-order chi connectivity index (χ0) is 14.7. The third-order valence-corrected chi connectivity index (χ3v) is 4.07. The van der Waals surface area contributed by atoms with Crippen LogP contribution in [0.1, 0.15) is 18.1 Å². The fraction of sp³-hybridized carbons (Fsp3) is 0.471. The highest BCUT2D eigenvalue weighted by Gasteiger charge is 2.17. The van der Waals surface area contributed by atoms with Crippen LogP contribution < -0.4 is 10.6 Å². The number of benzene rings is 1. The lowest BCUT2D eigenvalue weighted by molar-refractivity contribution is 0.122. The first-order valence-corrected chi connectivity index (χ1v) is 7.77. The molecular weight excluding hydrogens is 262 g/mol. The van der Waals surface area contributed by atoms with Crippen molar-refractivity contribution in [3.63, 3.8) is 0 Å². The molecule has 112 valence electrons. The van der Waals surface area contributed by atoms with E-state index in [4.69, 9.17) is 15.5 Å². The summed E-state index contributed by atoms with van der Waals surface area (Å²) in [5.74, 6) is 1.08. The minimum Gasteiger partial charge on any atom is -0.378 e. The molecule has 0 aliphatic carbocycles. The van der Waals surface area contributed by atoms with Crippen molar-refractivity contribution in [2.45, 2.75) is 19.8 Å². The Balaban J connectivity index is 2.06. The van der Waals surface area contributed by atoms with Crippen LogP contribution in [0.4, 0.5) is 5.82 Å². The average molecular weight is 285 g/mol. The van der Waals surface area contributed by atoms with Gasteiger partial charge in [0.05, 0.1) is 18.7 Å². The molecule has 0 saturated carbocycles. The van der Waals surface area contributed by atoms with E-state index in [2.05, 4.69) is 36.1 Å². The summed E-state index contributed by atoms with van der Waals surface area (Å²) in [6.07, 6.45) is 1.92. The van der Waals surface area contributed by atoms with Crippen LogP contribution in [0.15, 0.2) is 24.3 Å². The highest BCUT2D eigenvalue weighted by molar-refractivity contribution is 5.82. The second kappa shape index (κ2) is 6.41. The molecule has 0 radical (unpaired) electrons. The molecule has 2 aromatic rings. The SMILES string of the molecule is CCc1ccc2nc(N3CCOCC3)c(CCN)cc2c1. The zero-order valence-electron chi connectivity index (χ0n) is 12.6. The fourth-order valence-electron chi connectivity index (χ4n) is 2.87. The number of nitrogens with two attached hydrogens (primary N) is 1. The molecular formula is C17H23N3O. The number of aromatic nitrogens is 1. The molecule has 4 heteroatoms. The predicted molar refractivity (Wildman–Crippen MR) is 86.9 cm³/mol. The summed E-state index contributed by atoms with van der Waals surface area (Å²) < 4.78 is 5.44. The van der Waals surface area contributed by atoms with Gasteiger partial charge >= 0.3 is 0 Å². The van der Waals surface area contributed by atoms with Crippen molar-refractivity contribution in [2.24, 2.45) is 5.73 Å². The van der Waals surface area contributed by atoms with Crippen molar-refractivity contribution < 1.29 is 4.74 Å². The third kappa shape index (κ3) is 3.01. The lowest BCUT2D eigenvalue weighted by Gasteiger charge is -2.29. The molecule has 21 heavy (non-hydrogen) atoms. The Morgan fingerprint density at radius 2 is 2.05 bits per heavy atom. The number of hydrogen-bond acceptors (Lipinski definition) is 4. The van der Waals surface area contributed by atoms with Crippen LogP contribution in [-0.4, -0.2) is 37.8 Å². The molecule has 1 fully saturated rings. The van der Waals surface area contributed by atoms with Gasteiger partial charge in [-0.2, -0.15) is 0 Å². The maximum atomic E-state index is 5.79. The second-order valence-electron chi connectivity index (χ2n) is 5.49. The maximum Gasteiger partial charge on any atom is 0.132 e. The minimum atomic E-state index is 0.651. The lowest BCUT2D eigenvalue weighted by atomic mass is 10.0. The maximum absolute atomic E-state index is 5.79. The summed E-state index contributed by atoms with van der Waals surface area (Å²) >= 11 is 0. The van der Waals surface area contributed by atoms with Crippen LogP contribution in [0.25, 0.3) is 10.9 Å². The molecule has 4 nitrogen and oxygen atoms in total. The van der Waals surface area contributed by atoms with Crippen LogP contribution in [0.2, 0.25) is 0 Å². The van der Waals surface area contributed by atoms with Crippen molar-refractivity contribution >= 4 is 16.7 Å². The molecule has 2 N–H and O–H groups in total. The van der Waals surface area contributed by atoms with Gasteiger partial charge in [-0.25, -0.2) is 4.98 Å². The lowest BCUT2D eigenvalue weighted by Crippen LogP contribution is -2.37. The summed E-state index contributed by atoms with van der Waals surface area (Å²) in [4.78, 5) is 7.23. The number of rotatable bonds is 4. The molecule has 1 saturated heterocycles. The van der Waals surface area contributed by atoms with Gasteiger partial charge in [0.1, 0.15) is 5.82 Å². The van der Waals surface area contributed by atoms with Gasteiger partial charge < -0.3 is 15.4 Å². The zero-order valence-corrected chi connectivity index (χ0v) is 12.6. The van der Waals surface area contributed by atoms with E-state index in [1.54, 1.807) is 0 Å². The number of fused-ring (bicyclic) bond motifs is 1. The summed E-state index contributed by atoms with van der Waals surface area (Å²) in [7, 11) is 0. The summed E-state index contributed by atoms with van der Waals surface area (Å²) in [6, 6.07) is 8.80. The van der Waals surface area contributed by atoms with E-state index in [1.807, 2.05) is 0 Å². The Morgan fingerprint density at radius 1 is 1.24 bits per heavy atom. The molecule has 2 heterocycles. The van der Waals surface area contributed by atoms with Gasteiger partial charge in [-0.3, -0.25) is 0 Å². The number of anilines is 1. The van der Waals surface area contributed by atoms with E-state index in [9.17, 15) is 0 Å². The van der Waals surface area contributed by atoms with Gasteiger partial charge in [0.15, 0.2) is 0 Å². The Hall–Kier alpha value is -1.65. The van der Waals surface area contributed by atoms with Crippen LogP contribution in [0.3, 0.4) is 0 Å². The van der Waals surface area contributed by atoms with Crippen molar-refractivity contribution in [1.82, 2.24) is 4.98 Å². The molecule has 0 bridgehead atoms. The molecule has 0 unspecified atom stereocenters. The molecule has 1 aromatic carbocycles. The summed E-state index contributed by atoms with van der Waals surface area (Å²) in [5.41, 5.74) is 9.45. The second-order valence-corrected chi connectivity index (χ2v) is 5.49. The monoisotopic (exact) mass is 285 g/mol. The highest BCUT2D eigenvalue weighted by Crippen LogP contribution is 2.25. The van der Waals surface area contributed by atoms with E-state index in [1.165, 1.54) is 16.5 Å². The van der Waals surface area contributed by atoms with E-state index < -0.39 is 0 Å². The first kappa shape index (κ1) is 14.3. The highest BCUT2D eigenvalue weighted by atomic mass is 16.5.